The van der Waals surface area contributed by atoms with Crippen molar-refractivity contribution >= 4 is 12.0 Å². The van der Waals surface area contributed by atoms with Crippen LogP contribution in [-0.4, -0.2) is 29.2 Å². The number of carbonyl (C=O) groups is 2. The van der Waals surface area contributed by atoms with E-state index >= 15 is 0 Å². The lowest BCUT2D eigenvalue weighted by Crippen LogP contribution is -2.49. The highest BCUT2D eigenvalue weighted by molar-refractivity contribution is 5.82. The van der Waals surface area contributed by atoms with Gasteiger partial charge in [0.2, 0.25) is 0 Å². The summed E-state index contributed by atoms with van der Waals surface area (Å²) >= 11 is 0. The van der Waals surface area contributed by atoms with Gasteiger partial charge in [0.05, 0.1) is 0 Å². The molecule has 0 bridgehead atoms. The molecule has 0 heterocycles. The van der Waals surface area contributed by atoms with Gasteiger partial charge in [0.1, 0.15) is 6.04 Å². The minimum absolute atomic E-state index is 0.0403. The molecule has 18 heavy (non-hydrogen) atoms. The van der Waals surface area contributed by atoms with E-state index in [2.05, 4.69) is 24.5 Å². The van der Waals surface area contributed by atoms with Crippen molar-refractivity contribution < 1.29 is 14.7 Å². The Kier molecular flexibility index (Phi) is 7.39. The van der Waals surface area contributed by atoms with Crippen LogP contribution in [0, 0.1) is 11.8 Å². The van der Waals surface area contributed by atoms with Gasteiger partial charge in [-0.2, -0.15) is 0 Å². The number of nitrogens with one attached hydrogen (secondary N) is 2. The van der Waals surface area contributed by atoms with Crippen LogP contribution in [0.1, 0.15) is 47.5 Å². The molecule has 3 N–H and O–H groups in total. The van der Waals surface area contributed by atoms with Crippen LogP contribution in [0.15, 0.2) is 0 Å². The standard InChI is InChI=1S/C13H26N2O3/c1-8(2)6-10(5)14-13(18)15-11(12(16)17)7-9(3)4/h8-11H,6-7H2,1-5H3,(H,16,17)(H2,14,15,18)/t10?,11-/m1/s1. The number of carboxylic acid groups (broad SMARTS) is 1. The normalized spacial score (nSPS) is 14.4. The molecule has 5 nitrogen and oxygen atoms in total. The van der Waals surface area contributed by atoms with E-state index in [1.54, 1.807) is 0 Å². The number of carboxylic acids is 1. The number of carbonyl (C=O) groups excluding carboxylic acids is 1. The Hall–Kier alpha value is -1.26. The number of hydrogen-bond acceptors (Lipinski definition) is 2. The summed E-state index contributed by atoms with van der Waals surface area (Å²) in [6.45, 7) is 9.93. The van der Waals surface area contributed by atoms with Gasteiger partial charge in [0.15, 0.2) is 0 Å². The minimum atomic E-state index is -0.990. The first-order valence-corrected chi connectivity index (χ1v) is 6.52. The summed E-state index contributed by atoms with van der Waals surface area (Å²) in [6.07, 6.45) is 1.30. The van der Waals surface area contributed by atoms with Crippen LogP contribution in [0.3, 0.4) is 0 Å². The van der Waals surface area contributed by atoms with Gasteiger partial charge < -0.3 is 15.7 Å². The second-order valence-electron chi connectivity index (χ2n) is 5.67. The lowest BCUT2D eigenvalue weighted by molar-refractivity contribution is -0.139. The minimum Gasteiger partial charge on any atom is -0.480 e. The number of hydrogen-bond donors (Lipinski definition) is 3. The van der Waals surface area contributed by atoms with E-state index in [1.807, 2.05) is 20.8 Å². The fourth-order valence-corrected chi connectivity index (χ4v) is 1.88. The van der Waals surface area contributed by atoms with Gasteiger partial charge in [-0.1, -0.05) is 27.7 Å². The lowest BCUT2D eigenvalue weighted by Gasteiger charge is -2.20. The molecule has 0 aromatic heterocycles. The summed E-state index contributed by atoms with van der Waals surface area (Å²) in [6, 6.07) is -1.19. The Bertz CT molecular complexity index is 277. The summed E-state index contributed by atoms with van der Waals surface area (Å²) < 4.78 is 0. The molecule has 2 atom stereocenters. The van der Waals surface area contributed by atoms with Crippen LogP contribution in [-0.2, 0) is 4.79 Å². The summed E-state index contributed by atoms with van der Waals surface area (Å²) in [4.78, 5) is 22.6. The largest absolute Gasteiger partial charge is 0.480 e. The van der Waals surface area contributed by atoms with Crippen LogP contribution in [0.4, 0.5) is 4.79 Å². The Morgan fingerprint density at radius 1 is 0.944 bits per heavy atom. The zero-order valence-corrected chi connectivity index (χ0v) is 12.0. The molecule has 0 radical (unpaired) electrons. The third kappa shape index (κ3) is 7.92. The zero-order chi connectivity index (χ0) is 14.3. The lowest BCUT2D eigenvalue weighted by atomic mass is 10.0. The quantitative estimate of drug-likeness (QED) is 0.655. The fourth-order valence-electron chi connectivity index (χ4n) is 1.88. The highest BCUT2D eigenvalue weighted by Gasteiger charge is 2.21. The molecule has 0 aromatic rings. The molecule has 106 valence electrons. The van der Waals surface area contributed by atoms with Gasteiger partial charge in [-0.3, -0.25) is 0 Å². The summed E-state index contributed by atoms with van der Waals surface area (Å²) in [5, 5.41) is 14.3. The average Bonchev–Trinajstić information content (AvgIpc) is 2.13. The number of aliphatic carboxylic acids is 1. The first-order valence-electron chi connectivity index (χ1n) is 6.52. The molecule has 0 rings (SSSR count). The molecular formula is C13H26N2O3. The summed E-state index contributed by atoms with van der Waals surface area (Å²) in [5.74, 6) is -0.277. The van der Waals surface area contributed by atoms with Crippen molar-refractivity contribution in [3.8, 4) is 0 Å². The van der Waals surface area contributed by atoms with Crippen LogP contribution in [0.2, 0.25) is 0 Å². The topological polar surface area (TPSA) is 78.4 Å². The van der Waals surface area contributed by atoms with E-state index in [0.717, 1.165) is 6.42 Å². The molecule has 0 aliphatic rings. The molecule has 0 aromatic carbocycles. The monoisotopic (exact) mass is 258 g/mol. The van der Waals surface area contributed by atoms with Crippen molar-refractivity contribution in [2.75, 3.05) is 0 Å². The van der Waals surface area contributed by atoms with Gasteiger partial charge in [0.25, 0.3) is 0 Å². The maximum Gasteiger partial charge on any atom is 0.326 e. The Morgan fingerprint density at radius 3 is 1.83 bits per heavy atom. The molecule has 0 spiro atoms. The molecule has 0 aliphatic carbocycles. The molecule has 0 aliphatic heterocycles. The van der Waals surface area contributed by atoms with E-state index < -0.39 is 18.0 Å². The van der Waals surface area contributed by atoms with E-state index in [9.17, 15) is 9.59 Å². The average molecular weight is 258 g/mol. The predicted molar refractivity (Wildman–Crippen MR) is 71.5 cm³/mol. The van der Waals surface area contributed by atoms with E-state index in [-0.39, 0.29) is 12.0 Å². The Labute approximate surface area is 109 Å². The predicted octanol–water partition coefficient (Wildman–Crippen LogP) is 2.22. The van der Waals surface area contributed by atoms with E-state index in [1.165, 1.54) is 0 Å². The number of amides is 2. The first-order chi connectivity index (χ1) is 8.22. The summed E-state index contributed by atoms with van der Waals surface area (Å²) in [5.41, 5.74) is 0. The third-order valence-electron chi connectivity index (χ3n) is 2.51. The molecule has 0 saturated heterocycles. The van der Waals surface area contributed by atoms with Crippen LogP contribution in [0.25, 0.3) is 0 Å². The number of rotatable bonds is 7. The smallest absolute Gasteiger partial charge is 0.326 e. The van der Waals surface area contributed by atoms with Crippen LogP contribution >= 0.6 is 0 Å². The second kappa shape index (κ2) is 7.95. The molecule has 0 fully saturated rings. The molecule has 1 unspecified atom stereocenters. The highest BCUT2D eigenvalue weighted by atomic mass is 16.4. The molecule has 5 heteroatoms. The number of urea groups is 1. The SMILES string of the molecule is CC(C)CC(C)NC(=O)N[C@H](CC(C)C)C(=O)O. The summed E-state index contributed by atoms with van der Waals surface area (Å²) in [7, 11) is 0. The van der Waals surface area contributed by atoms with Gasteiger partial charge >= 0.3 is 12.0 Å². The first kappa shape index (κ1) is 16.7. The second-order valence-corrected chi connectivity index (χ2v) is 5.67. The van der Waals surface area contributed by atoms with Gasteiger partial charge in [-0.15, -0.1) is 0 Å². The third-order valence-corrected chi connectivity index (χ3v) is 2.51. The zero-order valence-electron chi connectivity index (χ0n) is 12.0. The Balaban J connectivity index is 4.21. The van der Waals surface area contributed by atoms with Crippen molar-refractivity contribution in [1.29, 1.82) is 0 Å². The van der Waals surface area contributed by atoms with Crippen molar-refractivity contribution in [2.24, 2.45) is 11.8 Å². The van der Waals surface area contributed by atoms with Crippen molar-refractivity contribution in [1.82, 2.24) is 10.6 Å². The highest BCUT2D eigenvalue weighted by Crippen LogP contribution is 2.06. The molecule has 0 saturated carbocycles. The van der Waals surface area contributed by atoms with Gasteiger partial charge in [0, 0.05) is 6.04 Å². The van der Waals surface area contributed by atoms with E-state index in [4.69, 9.17) is 5.11 Å². The van der Waals surface area contributed by atoms with Crippen LogP contribution < -0.4 is 10.6 Å². The molecule has 2 amide bonds. The Morgan fingerprint density at radius 2 is 1.44 bits per heavy atom. The van der Waals surface area contributed by atoms with E-state index in [0.29, 0.717) is 12.3 Å². The van der Waals surface area contributed by atoms with Crippen LogP contribution in [0.5, 0.6) is 0 Å². The van der Waals surface area contributed by atoms with Crippen molar-refractivity contribution in [3.63, 3.8) is 0 Å². The molecular weight excluding hydrogens is 232 g/mol. The maximum atomic E-state index is 11.6. The van der Waals surface area contributed by atoms with Gasteiger partial charge in [-0.25, -0.2) is 9.59 Å². The fraction of sp³-hybridized carbons (Fsp3) is 0.846. The van der Waals surface area contributed by atoms with Gasteiger partial charge in [-0.05, 0) is 31.6 Å². The van der Waals surface area contributed by atoms with Crippen molar-refractivity contribution in [2.45, 2.75) is 59.5 Å². The van der Waals surface area contributed by atoms with Crippen molar-refractivity contribution in [3.05, 3.63) is 0 Å². The maximum absolute atomic E-state index is 11.6.